The minimum atomic E-state index is -0.0136. The monoisotopic (exact) mass is 233 g/mol. The second kappa shape index (κ2) is 5.82. The van der Waals surface area contributed by atoms with E-state index in [9.17, 15) is 4.79 Å². The number of benzene rings is 1. The van der Waals surface area contributed by atoms with Gasteiger partial charge in [-0.3, -0.25) is 4.79 Å². The van der Waals surface area contributed by atoms with E-state index in [0.29, 0.717) is 5.92 Å². The van der Waals surface area contributed by atoms with Crippen LogP contribution in [0, 0.1) is 0 Å². The van der Waals surface area contributed by atoms with E-state index in [4.69, 9.17) is 4.74 Å². The lowest BCUT2D eigenvalue weighted by Gasteiger charge is -2.21. The van der Waals surface area contributed by atoms with Crippen molar-refractivity contribution in [3.63, 3.8) is 0 Å². The number of carbonyl (C=O) groups excluding carboxylic acids is 1. The Balaban J connectivity index is 2.00. The van der Waals surface area contributed by atoms with Crippen molar-refractivity contribution < 1.29 is 9.53 Å². The lowest BCUT2D eigenvalue weighted by atomic mass is 9.94. The van der Waals surface area contributed by atoms with E-state index < -0.39 is 0 Å². The molecule has 1 aromatic rings. The molecule has 1 aliphatic rings. The summed E-state index contributed by atoms with van der Waals surface area (Å²) in [6, 6.07) is 10.7. The fourth-order valence-corrected chi connectivity index (χ4v) is 2.61. The van der Waals surface area contributed by atoms with Crippen LogP contribution in [0.1, 0.15) is 30.7 Å². The number of rotatable bonds is 4. The second-order valence-corrected chi connectivity index (χ2v) is 4.56. The lowest BCUT2D eigenvalue weighted by molar-refractivity contribution is -0.125. The fraction of sp³-hybridized carbons (Fsp3) is 0.500. The van der Waals surface area contributed by atoms with Gasteiger partial charge in [0.25, 0.3) is 0 Å². The van der Waals surface area contributed by atoms with E-state index in [0.717, 1.165) is 12.8 Å². The van der Waals surface area contributed by atoms with Gasteiger partial charge < -0.3 is 10.1 Å². The Morgan fingerprint density at radius 1 is 1.35 bits per heavy atom. The normalized spacial score (nSPS) is 23.6. The third-order valence-electron chi connectivity index (χ3n) is 3.37. The molecule has 1 amide bonds. The lowest BCUT2D eigenvalue weighted by Crippen LogP contribution is -2.38. The first-order valence-electron chi connectivity index (χ1n) is 6.14. The molecule has 1 N–H and O–H groups in total. The molecular weight excluding hydrogens is 214 g/mol. The van der Waals surface area contributed by atoms with Crippen LogP contribution in [0.5, 0.6) is 0 Å². The molecule has 17 heavy (non-hydrogen) atoms. The summed E-state index contributed by atoms with van der Waals surface area (Å²) < 4.78 is 4.84. The number of carbonyl (C=O) groups is 1. The zero-order valence-corrected chi connectivity index (χ0v) is 10.2. The minimum absolute atomic E-state index is 0.0136. The summed E-state index contributed by atoms with van der Waals surface area (Å²) >= 11 is 0. The maximum atomic E-state index is 11.5. The molecule has 2 atom stereocenters. The van der Waals surface area contributed by atoms with Crippen LogP contribution in [-0.2, 0) is 9.53 Å². The van der Waals surface area contributed by atoms with Gasteiger partial charge in [0.15, 0.2) is 0 Å². The van der Waals surface area contributed by atoms with Crippen LogP contribution in [0.25, 0.3) is 0 Å². The van der Waals surface area contributed by atoms with Gasteiger partial charge in [-0.05, 0) is 18.4 Å². The summed E-state index contributed by atoms with van der Waals surface area (Å²) in [5.74, 6) is 0.442. The standard InChI is InChI=1S/C14H19NO2/c1-17-10-14(16)15-13-9-5-8-12(13)11-6-3-2-4-7-11/h2-4,6-7,12-13H,5,8-10H2,1H3,(H,15,16)/t12-,13+/m0/s1. The molecule has 0 saturated heterocycles. The van der Waals surface area contributed by atoms with Gasteiger partial charge in [0.2, 0.25) is 5.91 Å². The number of amides is 1. The van der Waals surface area contributed by atoms with E-state index in [-0.39, 0.29) is 18.6 Å². The highest BCUT2D eigenvalue weighted by Crippen LogP contribution is 2.34. The molecule has 0 radical (unpaired) electrons. The van der Waals surface area contributed by atoms with Gasteiger partial charge in [-0.2, -0.15) is 0 Å². The minimum Gasteiger partial charge on any atom is -0.375 e. The van der Waals surface area contributed by atoms with Crippen molar-refractivity contribution in [3.8, 4) is 0 Å². The first-order chi connectivity index (χ1) is 8.31. The van der Waals surface area contributed by atoms with Crippen molar-refractivity contribution in [2.24, 2.45) is 0 Å². The Morgan fingerprint density at radius 2 is 2.12 bits per heavy atom. The van der Waals surface area contributed by atoms with Crippen LogP contribution in [0.3, 0.4) is 0 Å². The quantitative estimate of drug-likeness (QED) is 0.864. The molecule has 3 nitrogen and oxygen atoms in total. The molecule has 92 valence electrons. The number of hydrogen-bond donors (Lipinski definition) is 1. The summed E-state index contributed by atoms with van der Waals surface area (Å²) in [5.41, 5.74) is 1.33. The van der Waals surface area contributed by atoms with Crippen molar-refractivity contribution in [1.29, 1.82) is 0 Å². The summed E-state index contributed by atoms with van der Waals surface area (Å²) in [7, 11) is 1.54. The van der Waals surface area contributed by atoms with Crippen LogP contribution in [-0.4, -0.2) is 25.7 Å². The maximum absolute atomic E-state index is 11.5. The molecular formula is C14H19NO2. The highest BCUT2D eigenvalue weighted by molar-refractivity contribution is 5.77. The van der Waals surface area contributed by atoms with Gasteiger partial charge in [0, 0.05) is 19.1 Å². The first kappa shape index (κ1) is 12.1. The highest BCUT2D eigenvalue weighted by atomic mass is 16.5. The van der Waals surface area contributed by atoms with Crippen molar-refractivity contribution >= 4 is 5.91 Å². The van der Waals surface area contributed by atoms with Gasteiger partial charge in [-0.15, -0.1) is 0 Å². The Kier molecular flexibility index (Phi) is 4.15. The first-order valence-corrected chi connectivity index (χ1v) is 6.14. The molecule has 3 heteroatoms. The van der Waals surface area contributed by atoms with E-state index in [1.165, 1.54) is 12.0 Å². The van der Waals surface area contributed by atoms with Crippen LogP contribution in [0.2, 0.25) is 0 Å². The predicted octanol–water partition coefficient (Wildman–Crippen LogP) is 2.09. The van der Waals surface area contributed by atoms with Crippen molar-refractivity contribution in [2.75, 3.05) is 13.7 Å². The number of hydrogen-bond acceptors (Lipinski definition) is 2. The Labute approximate surface area is 102 Å². The van der Waals surface area contributed by atoms with E-state index in [1.54, 1.807) is 7.11 Å². The maximum Gasteiger partial charge on any atom is 0.246 e. The summed E-state index contributed by atoms with van der Waals surface area (Å²) in [5, 5.41) is 3.06. The zero-order chi connectivity index (χ0) is 12.1. The van der Waals surface area contributed by atoms with E-state index in [2.05, 4.69) is 29.6 Å². The highest BCUT2D eigenvalue weighted by Gasteiger charge is 2.29. The Bertz CT molecular complexity index is 364. The molecule has 1 fully saturated rings. The molecule has 1 saturated carbocycles. The Morgan fingerprint density at radius 3 is 2.82 bits per heavy atom. The number of methoxy groups -OCH3 is 1. The fourth-order valence-electron chi connectivity index (χ4n) is 2.61. The molecule has 0 aromatic heterocycles. The van der Waals surface area contributed by atoms with Gasteiger partial charge >= 0.3 is 0 Å². The smallest absolute Gasteiger partial charge is 0.246 e. The van der Waals surface area contributed by atoms with E-state index >= 15 is 0 Å². The molecule has 1 aliphatic carbocycles. The molecule has 0 aliphatic heterocycles. The van der Waals surface area contributed by atoms with Crippen molar-refractivity contribution in [1.82, 2.24) is 5.32 Å². The largest absolute Gasteiger partial charge is 0.375 e. The molecule has 0 spiro atoms. The molecule has 0 heterocycles. The van der Waals surface area contributed by atoms with Gasteiger partial charge in [-0.1, -0.05) is 36.8 Å². The third-order valence-corrected chi connectivity index (χ3v) is 3.37. The van der Waals surface area contributed by atoms with Crippen LogP contribution < -0.4 is 5.32 Å². The molecule has 2 rings (SSSR count). The van der Waals surface area contributed by atoms with Gasteiger partial charge in [-0.25, -0.2) is 0 Å². The van der Waals surface area contributed by atoms with Crippen LogP contribution in [0.4, 0.5) is 0 Å². The average molecular weight is 233 g/mol. The van der Waals surface area contributed by atoms with Crippen LogP contribution in [0.15, 0.2) is 30.3 Å². The van der Waals surface area contributed by atoms with Gasteiger partial charge in [0.05, 0.1) is 0 Å². The SMILES string of the molecule is COCC(=O)N[C@@H]1CCC[C@H]1c1ccccc1. The van der Waals surface area contributed by atoms with Crippen molar-refractivity contribution in [3.05, 3.63) is 35.9 Å². The number of nitrogens with one attached hydrogen (secondary N) is 1. The third kappa shape index (κ3) is 3.07. The molecule has 1 aromatic carbocycles. The summed E-state index contributed by atoms with van der Waals surface area (Å²) in [6.07, 6.45) is 3.40. The summed E-state index contributed by atoms with van der Waals surface area (Å²) in [6.45, 7) is 0.151. The molecule has 0 unspecified atom stereocenters. The van der Waals surface area contributed by atoms with Crippen LogP contribution >= 0.6 is 0 Å². The Hall–Kier alpha value is -1.35. The number of ether oxygens (including phenoxy) is 1. The van der Waals surface area contributed by atoms with Gasteiger partial charge in [0.1, 0.15) is 6.61 Å². The zero-order valence-electron chi connectivity index (χ0n) is 10.2. The second-order valence-electron chi connectivity index (χ2n) is 4.56. The van der Waals surface area contributed by atoms with E-state index in [1.807, 2.05) is 6.07 Å². The summed E-state index contributed by atoms with van der Waals surface area (Å²) in [4.78, 5) is 11.5. The predicted molar refractivity (Wildman–Crippen MR) is 66.8 cm³/mol. The average Bonchev–Trinajstić information content (AvgIpc) is 2.78. The van der Waals surface area contributed by atoms with Crippen molar-refractivity contribution in [2.45, 2.75) is 31.2 Å². The molecule has 0 bridgehead atoms. The topological polar surface area (TPSA) is 38.3 Å².